The molecule has 0 aliphatic carbocycles. The third-order valence-electron chi connectivity index (χ3n) is 2.42. The van der Waals surface area contributed by atoms with Crippen molar-refractivity contribution in [2.45, 2.75) is 64.3 Å². The Balaban J connectivity index is 3.46. The molecule has 0 spiro atoms. The van der Waals surface area contributed by atoms with Gasteiger partial charge in [0.2, 0.25) is 0 Å². The van der Waals surface area contributed by atoms with E-state index >= 15 is 0 Å². The van der Waals surface area contributed by atoms with Gasteiger partial charge >= 0.3 is 0 Å². The number of Topliss-reactive ketones (excluding diaryl/α,β-unsaturated/α-hetero) is 1. The van der Waals surface area contributed by atoms with Crippen LogP contribution in [0.1, 0.15) is 46.0 Å². The molecule has 15 heavy (non-hydrogen) atoms. The lowest BCUT2D eigenvalue weighted by Gasteiger charge is -2.19. The number of unbranched alkanes of at least 4 members (excludes halogenated alkanes) is 2. The molecule has 0 aliphatic heterocycles. The van der Waals surface area contributed by atoms with Crippen molar-refractivity contribution in [1.29, 1.82) is 0 Å². The first-order valence-electron chi connectivity index (χ1n) is 5.48. The minimum Gasteiger partial charge on any atom is -0.391 e. The van der Waals surface area contributed by atoms with Crippen LogP contribution < -0.4 is 0 Å². The first kappa shape index (κ1) is 14.6. The fourth-order valence-corrected chi connectivity index (χ4v) is 1.40. The zero-order chi connectivity index (χ0) is 11.8. The van der Waals surface area contributed by atoms with Gasteiger partial charge in [0.1, 0.15) is 11.9 Å². The highest BCUT2D eigenvalue weighted by Gasteiger charge is 2.20. The Hall–Kier alpha value is -0.450. The minimum absolute atomic E-state index is 0.180. The summed E-state index contributed by atoms with van der Waals surface area (Å²) < 4.78 is 0. The number of carbonyl (C=O) groups is 1. The van der Waals surface area contributed by atoms with Crippen LogP contribution in [0, 0.1) is 0 Å². The van der Waals surface area contributed by atoms with Crippen molar-refractivity contribution in [3.63, 3.8) is 0 Å². The third-order valence-corrected chi connectivity index (χ3v) is 2.42. The molecule has 0 rings (SSSR count). The maximum absolute atomic E-state index is 10.6. The predicted molar refractivity (Wildman–Crippen MR) is 57.5 cm³/mol. The number of hydrogen-bond donors (Lipinski definition) is 3. The molecule has 0 aromatic carbocycles. The van der Waals surface area contributed by atoms with Gasteiger partial charge in [0, 0.05) is 6.42 Å². The van der Waals surface area contributed by atoms with Gasteiger partial charge < -0.3 is 20.1 Å². The van der Waals surface area contributed by atoms with Gasteiger partial charge in [-0.05, 0) is 26.7 Å². The van der Waals surface area contributed by atoms with E-state index in [4.69, 9.17) is 5.11 Å². The van der Waals surface area contributed by atoms with Crippen LogP contribution in [0.15, 0.2) is 0 Å². The second kappa shape index (κ2) is 7.79. The molecule has 90 valence electrons. The number of ketones is 1. The molecule has 4 nitrogen and oxygen atoms in total. The summed E-state index contributed by atoms with van der Waals surface area (Å²) in [4.78, 5) is 10.6. The maximum atomic E-state index is 10.6. The molecule has 3 atom stereocenters. The molecular formula is C11H22O4. The van der Waals surface area contributed by atoms with Crippen LogP contribution in [0.3, 0.4) is 0 Å². The standard InChI is InChI=1S/C11H22O4/c1-8(12)6-4-3-5-7-10(14)11(15)9(2)13/h9-11,13-15H,3-7H2,1-2H3/t9-,10-,11-/m1/s1. The van der Waals surface area contributed by atoms with Gasteiger partial charge in [-0.15, -0.1) is 0 Å². The Kier molecular flexibility index (Phi) is 7.56. The Bertz CT molecular complexity index is 179. The fourth-order valence-electron chi connectivity index (χ4n) is 1.40. The number of aliphatic hydroxyl groups is 3. The van der Waals surface area contributed by atoms with Gasteiger partial charge in [0.25, 0.3) is 0 Å². The van der Waals surface area contributed by atoms with E-state index in [1.807, 2.05) is 0 Å². The van der Waals surface area contributed by atoms with Crippen LogP contribution in [0.25, 0.3) is 0 Å². The molecule has 0 saturated carbocycles. The topological polar surface area (TPSA) is 77.8 Å². The first-order valence-corrected chi connectivity index (χ1v) is 5.48. The smallest absolute Gasteiger partial charge is 0.129 e. The lowest BCUT2D eigenvalue weighted by molar-refractivity contribution is -0.117. The van der Waals surface area contributed by atoms with E-state index in [9.17, 15) is 15.0 Å². The average molecular weight is 218 g/mol. The van der Waals surface area contributed by atoms with Crippen molar-refractivity contribution >= 4 is 5.78 Å². The van der Waals surface area contributed by atoms with E-state index in [1.54, 1.807) is 6.92 Å². The highest BCUT2D eigenvalue weighted by Crippen LogP contribution is 2.10. The predicted octanol–water partition coefficient (Wildman–Crippen LogP) is 0.628. The van der Waals surface area contributed by atoms with Crippen LogP contribution in [-0.4, -0.2) is 39.4 Å². The van der Waals surface area contributed by atoms with Crippen molar-refractivity contribution in [3.8, 4) is 0 Å². The van der Waals surface area contributed by atoms with Crippen molar-refractivity contribution in [2.24, 2.45) is 0 Å². The molecule has 0 amide bonds. The summed E-state index contributed by atoms with van der Waals surface area (Å²) >= 11 is 0. The monoisotopic (exact) mass is 218 g/mol. The molecule has 0 heterocycles. The van der Waals surface area contributed by atoms with Crippen LogP contribution in [-0.2, 0) is 4.79 Å². The van der Waals surface area contributed by atoms with Crippen molar-refractivity contribution in [3.05, 3.63) is 0 Å². The van der Waals surface area contributed by atoms with Crippen molar-refractivity contribution in [1.82, 2.24) is 0 Å². The SMILES string of the molecule is CC(=O)CCCCC[C@@H](O)[C@H](O)[C@@H](C)O. The number of carbonyl (C=O) groups excluding carboxylic acids is 1. The third kappa shape index (κ3) is 7.48. The fraction of sp³-hybridized carbons (Fsp3) is 0.909. The Labute approximate surface area is 90.9 Å². The molecule has 0 aliphatic rings. The lowest BCUT2D eigenvalue weighted by atomic mass is 10.0. The van der Waals surface area contributed by atoms with Gasteiger partial charge in [0.05, 0.1) is 12.2 Å². The molecule has 0 bridgehead atoms. The van der Waals surface area contributed by atoms with Crippen LogP contribution in [0.4, 0.5) is 0 Å². The van der Waals surface area contributed by atoms with E-state index in [0.717, 1.165) is 19.3 Å². The number of aliphatic hydroxyl groups excluding tert-OH is 3. The molecule has 4 heteroatoms. The molecule has 0 radical (unpaired) electrons. The van der Waals surface area contributed by atoms with E-state index in [0.29, 0.717) is 12.8 Å². The molecule has 0 aromatic heterocycles. The maximum Gasteiger partial charge on any atom is 0.129 e. The molecule has 0 fully saturated rings. The van der Waals surface area contributed by atoms with E-state index in [1.165, 1.54) is 6.92 Å². The van der Waals surface area contributed by atoms with Crippen LogP contribution >= 0.6 is 0 Å². The second-order valence-corrected chi connectivity index (χ2v) is 4.10. The normalized spacial score (nSPS) is 17.1. The number of rotatable bonds is 8. The summed E-state index contributed by atoms with van der Waals surface area (Å²) in [6, 6.07) is 0. The minimum atomic E-state index is -1.07. The van der Waals surface area contributed by atoms with E-state index < -0.39 is 18.3 Å². The Morgan fingerprint density at radius 1 is 1.13 bits per heavy atom. The molecule has 0 unspecified atom stereocenters. The summed E-state index contributed by atoms with van der Waals surface area (Å²) in [6.07, 6.45) is 0.644. The van der Waals surface area contributed by atoms with E-state index in [2.05, 4.69) is 0 Å². The second-order valence-electron chi connectivity index (χ2n) is 4.10. The van der Waals surface area contributed by atoms with E-state index in [-0.39, 0.29) is 5.78 Å². The molecule has 0 aromatic rings. The van der Waals surface area contributed by atoms with Crippen LogP contribution in [0.2, 0.25) is 0 Å². The van der Waals surface area contributed by atoms with Crippen molar-refractivity contribution < 1.29 is 20.1 Å². The average Bonchev–Trinajstić information content (AvgIpc) is 2.15. The summed E-state index contributed by atoms with van der Waals surface area (Å²) in [5, 5.41) is 27.7. The highest BCUT2D eigenvalue weighted by atomic mass is 16.4. The summed E-state index contributed by atoms with van der Waals surface area (Å²) in [7, 11) is 0. The van der Waals surface area contributed by atoms with Gasteiger partial charge in [-0.2, -0.15) is 0 Å². The largest absolute Gasteiger partial charge is 0.391 e. The summed E-state index contributed by atoms with van der Waals surface area (Å²) in [5.41, 5.74) is 0. The summed E-state index contributed by atoms with van der Waals surface area (Å²) in [6.45, 7) is 3.01. The lowest BCUT2D eigenvalue weighted by Crippen LogP contribution is -2.35. The zero-order valence-electron chi connectivity index (χ0n) is 9.52. The van der Waals surface area contributed by atoms with Gasteiger partial charge in [-0.1, -0.05) is 12.8 Å². The number of hydrogen-bond acceptors (Lipinski definition) is 4. The Morgan fingerprint density at radius 3 is 2.20 bits per heavy atom. The van der Waals surface area contributed by atoms with Crippen molar-refractivity contribution in [2.75, 3.05) is 0 Å². The quantitative estimate of drug-likeness (QED) is 0.522. The molecular weight excluding hydrogens is 196 g/mol. The van der Waals surface area contributed by atoms with Crippen LogP contribution in [0.5, 0.6) is 0 Å². The zero-order valence-corrected chi connectivity index (χ0v) is 9.52. The first-order chi connectivity index (χ1) is 6.95. The highest BCUT2D eigenvalue weighted by molar-refractivity contribution is 5.75. The van der Waals surface area contributed by atoms with Gasteiger partial charge in [0.15, 0.2) is 0 Å². The summed E-state index contributed by atoms with van der Waals surface area (Å²) in [5.74, 6) is 0.180. The van der Waals surface area contributed by atoms with Gasteiger partial charge in [-0.25, -0.2) is 0 Å². The molecule has 3 N–H and O–H groups in total. The van der Waals surface area contributed by atoms with Gasteiger partial charge in [-0.3, -0.25) is 0 Å². The Morgan fingerprint density at radius 2 is 1.73 bits per heavy atom. The molecule has 0 saturated heterocycles.